The third-order valence-corrected chi connectivity index (χ3v) is 3.28. The summed E-state index contributed by atoms with van der Waals surface area (Å²) in [5.41, 5.74) is -0.997. The number of hydrogen-bond donors (Lipinski definition) is 1. The van der Waals surface area contributed by atoms with E-state index in [2.05, 4.69) is 34.2 Å². The normalized spacial score (nSPS) is 11.8. The molecule has 2 aromatic heterocycles. The number of aryl methyl sites for hydroxylation is 1. The summed E-state index contributed by atoms with van der Waals surface area (Å²) >= 11 is 0. The molecule has 0 saturated heterocycles. The van der Waals surface area contributed by atoms with Crippen LogP contribution < -0.4 is 10.2 Å². The van der Waals surface area contributed by atoms with Gasteiger partial charge in [0.25, 0.3) is 0 Å². The smallest absolute Gasteiger partial charge is 0.363 e. The van der Waals surface area contributed by atoms with E-state index in [1.165, 1.54) is 4.90 Å². The van der Waals surface area contributed by atoms with Crippen LogP contribution in [0.1, 0.15) is 26.0 Å². The number of anilines is 3. The van der Waals surface area contributed by atoms with Crippen molar-refractivity contribution in [3.05, 3.63) is 24.0 Å². The van der Waals surface area contributed by atoms with Crippen molar-refractivity contribution in [2.24, 2.45) is 5.92 Å². The van der Waals surface area contributed by atoms with Crippen LogP contribution in [0.5, 0.6) is 0 Å². The van der Waals surface area contributed by atoms with E-state index >= 15 is 0 Å². The predicted molar refractivity (Wildman–Crippen MR) is 86.3 cm³/mol. The number of nitrogens with zero attached hydrogens (tertiary/aromatic N) is 5. The Balaban J connectivity index is 2.21. The van der Waals surface area contributed by atoms with Crippen molar-refractivity contribution in [1.29, 1.82) is 0 Å². The number of alkyl halides is 3. The van der Waals surface area contributed by atoms with E-state index in [1.54, 1.807) is 31.0 Å². The van der Waals surface area contributed by atoms with Crippen molar-refractivity contribution in [1.82, 2.24) is 19.7 Å². The Hall–Kier alpha value is -2.32. The molecule has 2 heterocycles. The Kier molecular flexibility index (Phi) is 5.30. The quantitative estimate of drug-likeness (QED) is 0.870. The monoisotopic (exact) mass is 342 g/mol. The first kappa shape index (κ1) is 18.0. The van der Waals surface area contributed by atoms with Crippen LogP contribution in [-0.2, 0) is 12.7 Å². The summed E-state index contributed by atoms with van der Waals surface area (Å²) in [5.74, 6) is 0.976. The van der Waals surface area contributed by atoms with Crippen LogP contribution in [0.2, 0.25) is 0 Å². The number of hydrogen-bond acceptors (Lipinski definition) is 5. The summed E-state index contributed by atoms with van der Waals surface area (Å²) in [7, 11) is 3.24. The van der Waals surface area contributed by atoms with Gasteiger partial charge in [-0.05, 0) is 12.3 Å². The highest BCUT2D eigenvalue weighted by Gasteiger charge is 2.34. The largest absolute Gasteiger partial charge is 0.433 e. The van der Waals surface area contributed by atoms with Crippen LogP contribution in [0.3, 0.4) is 0 Å². The van der Waals surface area contributed by atoms with Crippen molar-refractivity contribution in [2.45, 2.75) is 33.0 Å². The number of rotatable bonds is 6. The van der Waals surface area contributed by atoms with Gasteiger partial charge in [-0.2, -0.15) is 23.3 Å². The molecule has 0 spiro atoms. The Morgan fingerprint density at radius 3 is 2.54 bits per heavy atom. The molecule has 132 valence electrons. The zero-order chi connectivity index (χ0) is 17.9. The van der Waals surface area contributed by atoms with Gasteiger partial charge in [-0.3, -0.25) is 4.68 Å². The molecule has 9 heteroatoms. The molecule has 0 saturated carbocycles. The number of nitrogens with one attached hydrogen (secondary N) is 1. The maximum atomic E-state index is 13.0. The molecular weight excluding hydrogens is 321 g/mol. The molecule has 6 nitrogen and oxygen atoms in total. The molecule has 2 aromatic rings. The molecular formula is C15H21F3N6. The van der Waals surface area contributed by atoms with Gasteiger partial charge < -0.3 is 10.2 Å². The fourth-order valence-corrected chi connectivity index (χ4v) is 1.92. The Morgan fingerprint density at radius 2 is 1.96 bits per heavy atom. The molecule has 2 rings (SSSR count). The van der Waals surface area contributed by atoms with Gasteiger partial charge in [-0.25, -0.2) is 4.98 Å². The summed E-state index contributed by atoms with van der Waals surface area (Å²) in [4.78, 5) is 9.11. The van der Waals surface area contributed by atoms with E-state index in [-0.39, 0.29) is 11.8 Å². The zero-order valence-electron chi connectivity index (χ0n) is 14.1. The first-order chi connectivity index (χ1) is 11.1. The lowest BCUT2D eigenvalue weighted by atomic mass is 10.1. The average molecular weight is 342 g/mol. The maximum absolute atomic E-state index is 13.0. The average Bonchev–Trinajstić information content (AvgIpc) is 2.91. The van der Waals surface area contributed by atoms with Gasteiger partial charge in [0.2, 0.25) is 5.95 Å². The molecule has 0 radical (unpaired) electrons. The Bertz CT molecular complexity index is 678. The van der Waals surface area contributed by atoms with E-state index in [9.17, 15) is 13.2 Å². The second-order valence-electron chi connectivity index (χ2n) is 6.10. The Morgan fingerprint density at radius 1 is 1.25 bits per heavy atom. The lowest BCUT2D eigenvalue weighted by Crippen LogP contribution is -2.16. The molecule has 0 aliphatic heterocycles. The minimum Gasteiger partial charge on any atom is -0.363 e. The fraction of sp³-hybridized carbons (Fsp3) is 0.533. The first-order valence-corrected chi connectivity index (χ1v) is 7.59. The minimum atomic E-state index is -4.54. The van der Waals surface area contributed by atoms with E-state index in [1.807, 2.05) is 0 Å². The van der Waals surface area contributed by atoms with Crippen LogP contribution in [0.25, 0.3) is 0 Å². The molecule has 0 unspecified atom stereocenters. The van der Waals surface area contributed by atoms with Gasteiger partial charge >= 0.3 is 6.18 Å². The van der Waals surface area contributed by atoms with Gasteiger partial charge in [-0.1, -0.05) is 13.8 Å². The predicted octanol–water partition coefficient (Wildman–Crippen LogP) is 3.55. The zero-order valence-corrected chi connectivity index (χ0v) is 14.1. The van der Waals surface area contributed by atoms with Gasteiger partial charge in [0.1, 0.15) is 5.82 Å². The lowest BCUT2D eigenvalue weighted by molar-refractivity contribution is -0.141. The highest BCUT2D eigenvalue weighted by molar-refractivity contribution is 5.51. The highest BCUT2D eigenvalue weighted by atomic mass is 19.4. The lowest BCUT2D eigenvalue weighted by Gasteiger charge is -2.15. The molecule has 1 N–H and O–H groups in total. The van der Waals surface area contributed by atoms with Crippen LogP contribution in [0, 0.1) is 5.92 Å². The van der Waals surface area contributed by atoms with Crippen molar-refractivity contribution in [2.75, 3.05) is 24.3 Å². The number of aromatic nitrogens is 4. The molecule has 24 heavy (non-hydrogen) atoms. The molecule has 0 aromatic carbocycles. The van der Waals surface area contributed by atoms with Crippen LogP contribution in [-0.4, -0.2) is 33.8 Å². The molecule has 0 atom stereocenters. The minimum absolute atomic E-state index is 0.136. The van der Waals surface area contributed by atoms with E-state index < -0.39 is 11.9 Å². The van der Waals surface area contributed by atoms with Crippen molar-refractivity contribution in [3.8, 4) is 0 Å². The Labute approximate surface area is 138 Å². The van der Waals surface area contributed by atoms with E-state index in [0.29, 0.717) is 11.7 Å². The van der Waals surface area contributed by atoms with Crippen molar-refractivity contribution in [3.63, 3.8) is 0 Å². The summed E-state index contributed by atoms with van der Waals surface area (Å²) < 4.78 is 40.7. The number of halogens is 3. The standard InChI is InChI=1S/C15H21F3N6/c1-10(2)5-7-24-8-6-12(22-24)20-14-19-11(15(16,17)18)9-13(21-14)23(3)4/h6,8-10H,5,7H2,1-4H3,(H,19,20,21,22). The maximum Gasteiger partial charge on any atom is 0.433 e. The summed E-state index contributed by atoms with van der Waals surface area (Å²) in [6.07, 6.45) is -1.81. The third kappa shape index (κ3) is 4.84. The fourth-order valence-electron chi connectivity index (χ4n) is 1.92. The third-order valence-electron chi connectivity index (χ3n) is 3.28. The summed E-state index contributed by atoms with van der Waals surface area (Å²) in [6.45, 7) is 4.97. The van der Waals surface area contributed by atoms with E-state index in [0.717, 1.165) is 19.0 Å². The second kappa shape index (κ2) is 7.06. The van der Waals surface area contributed by atoms with Crippen molar-refractivity contribution < 1.29 is 13.2 Å². The van der Waals surface area contributed by atoms with Gasteiger partial charge in [-0.15, -0.1) is 0 Å². The SMILES string of the molecule is CC(C)CCn1ccc(Nc2nc(N(C)C)cc(C(F)(F)F)n2)n1. The van der Waals surface area contributed by atoms with Crippen LogP contribution in [0.4, 0.5) is 30.8 Å². The summed E-state index contributed by atoms with van der Waals surface area (Å²) in [5, 5.41) is 7.01. The van der Waals surface area contributed by atoms with Crippen molar-refractivity contribution >= 4 is 17.6 Å². The molecule has 0 bridgehead atoms. The topological polar surface area (TPSA) is 58.9 Å². The van der Waals surface area contributed by atoms with E-state index in [4.69, 9.17) is 0 Å². The van der Waals surface area contributed by atoms with Gasteiger partial charge in [0, 0.05) is 39.0 Å². The first-order valence-electron chi connectivity index (χ1n) is 7.59. The second-order valence-corrected chi connectivity index (χ2v) is 6.10. The van der Waals surface area contributed by atoms with Crippen LogP contribution >= 0.6 is 0 Å². The molecule has 0 aliphatic carbocycles. The molecule has 0 fully saturated rings. The molecule has 0 amide bonds. The van der Waals surface area contributed by atoms with Crippen LogP contribution in [0.15, 0.2) is 18.3 Å². The summed E-state index contributed by atoms with van der Waals surface area (Å²) in [6, 6.07) is 2.59. The van der Waals surface area contributed by atoms with Gasteiger partial charge in [0.15, 0.2) is 11.5 Å². The molecule has 0 aliphatic rings. The van der Waals surface area contributed by atoms with Gasteiger partial charge in [0.05, 0.1) is 0 Å². The highest BCUT2D eigenvalue weighted by Crippen LogP contribution is 2.30.